The first kappa shape index (κ1) is 33.3. The number of amides is 2. The number of esters is 1. The van der Waals surface area contributed by atoms with Crippen molar-refractivity contribution >= 4 is 62.8 Å². The van der Waals surface area contributed by atoms with Crippen molar-refractivity contribution in [2.75, 3.05) is 11.5 Å². The van der Waals surface area contributed by atoms with Gasteiger partial charge in [-0.1, -0.05) is 64.3 Å². The van der Waals surface area contributed by atoms with Crippen molar-refractivity contribution in [3.8, 4) is 0 Å². The quantitative estimate of drug-likeness (QED) is 0.200. The minimum absolute atomic E-state index is 0.0661. The van der Waals surface area contributed by atoms with Gasteiger partial charge in [-0.15, -0.1) is 23.1 Å². The number of nitrogens with zero attached hydrogens (tertiary/aromatic N) is 2. The van der Waals surface area contributed by atoms with E-state index in [1.54, 1.807) is 13.0 Å². The molecule has 2 aliphatic rings. The van der Waals surface area contributed by atoms with Crippen molar-refractivity contribution in [3.63, 3.8) is 0 Å². The third-order valence-electron chi connectivity index (χ3n) is 6.78. The number of carbonyl (C=O) groups is 4. The second-order valence-corrected chi connectivity index (χ2v) is 13.9. The van der Waals surface area contributed by atoms with Crippen molar-refractivity contribution in [2.45, 2.75) is 103 Å². The zero-order chi connectivity index (χ0) is 29.8. The molecule has 2 aliphatic heterocycles. The zero-order valence-electron chi connectivity index (χ0n) is 24.4. The average Bonchev–Trinajstić information content (AvgIpc) is 3.56. The van der Waals surface area contributed by atoms with Gasteiger partial charge in [0.1, 0.15) is 33.4 Å². The van der Waals surface area contributed by atoms with Crippen molar-refractivity contribution in [1.82, 2.24) is 15.6 Å². The molecule has 3 atom stereocenters. The molecule has 2 amide bonds. The van der Waals surface area contributed by atoms with Crippen LogP contribution in [0.1, 0.15) is 89.8 Å². The molecule has 3 rings (SSSR count). The number of hydrogen-bond acceptors (Lipinski definition) is 10. The maximum Gasteiger partial charge on any atom is 0.329 e. The third kappa shape index (κ3) is 10.6. The Bertz CT molecular complexity index is 1140. The third-order valence-corrected chi connectivity index (χ3v) is 9.87. The summed E-state index contributed by atoms with van der Waals surface area (Å²) in [6.07, 6.45) is 9.42. The second kappa shape index (κ2) is 16.5. The molecule has 1 aromatic heterocycles. The lowest BCUT2D eigenvalue weighted by Crippen LogP contribution is -2.53. The molecule has 12 heteroatoms. The topological polar surface area (TPSA) is 127 Å². The van der Waals surface area contributed by atoms with Crippen LogP contribution >= 0.6 is 34.9 Å². The van der Waals surface area contributed by atoms with Crippen LogP contribution in [0.3, 0.4) is 0 Å². The van der Waals surface area contributed by atoms with E-state index in [1.807, 2.05) is 25.3 Å². The molecule has 0 fully saturated rings. The lowest BCUT2D eigenvalue weighted by Gasteiger charge is -2.27. The van der Waals surface area contributed by atoms with Gasteiger partial charge in [0.2, 0.25) is 11.8 Å². The molecule has 3 heterocycles. The number of ether oxygens (including phenoxy) is 1. The van der Waals surface area contributed by atoms with Gasteiger partial charge in [-0.2, -0.15) is 0 Å². The maximum absolute atomic E-state index is 13.3. The number of unbranched alkanes of at least 4 members (excludes halogenated alkanes) is 4. The number of rotatable bonds is 11. The van der Waals surface area contributed by atoms with Gasteiger partial charge in [0.05, 0.1) is 13.0 Å². The highest BCUT2D eigenvalue weighted by Gasteiger charge is 2.41. The van der Waals surface area contributed by atoms with E-state index in [4.69, 9.17) is 4.74 Å². The predicted molar refractivity (Wildman–Crippen MR) is 167 cm³/mol. The van der Waals surface area contributed by atoms with Crippen molar-refractivity contribution in [3.05, 3.63) is 28.2 Å². The second-order valence-electron chi connectivity index (χ2n) is 10.9. The SMILES string of the molecule is CCCCCCCC(=O)SCC/C=C/[C@@H]1CC(=O)NCc2nc(cs2)C2=NC(C)(CS2)C(=O)N[C@@H](C(C)C)C(=O)O1. The van der Waals surface area contributed by atoms with Crippen LogP contribution in [-0.2, 0) is 30.5 Å². The number of aromatic nitrogens is 1. The van der Waals surface area contributed by atoms with Gasteiger partial charge < -0.3 is 15.4 Å². The van der Waals surface area contributed by atoms with Crippen LogP contribution in [0.15, 0.2) is 22.5 Å². The van der Waals surface area contributed by atoms with Gasteiger partial charge >= 0.3 is 5.97 Å². The summed E-state index contributed by atoms with van der Waals surface area (Å²) in [5, 5.41) is 9.17. The molecule has 0 saturated heterocycles. The maximum atomic E-state index is 13.3. The molecule has 0 radical (unpaired) electrons. The van der Waals surface area contributed by atoms with E-state index in [0.29, 0.717) is 35.1 Å². The van der Waals surface area contributed by atoms with Gasteiger partial charge in [-0.25, -0.2) is 9.78 Å². The number of allylic oxidation sites excluding steroid dienone is 1. The molecule has 41 heavy (non-hydrogen) atoms. The standard InChI is InChI=1S/C29H42N4O5S3/c1-5-6-7-8-9-13-24(35)39-14-11-10-12-20-15-22(34)30-16-23-31-21(17-40-23)26-33-29(4,18-41-26)28(37)32-25(19(2)3)27(36)38-20/h10,12,17,19-20,25H,5-9,11,13-16,18H2,1-4H3,(H,30,34)(H,32,37)/b12-10+/t20-,25+,29?/m1/s1. The molecular weight excluding hydrogens is 581 g/mol. The van der Waals surface area contributed by atoms with E-state index in [-0.39, 0.29) is 35.8 Å². The Labute approximate surface area is 255 Å². The van der Waals surface area contributed by atoms with E-state index in [2.05, 4.69) is 27.5 Å². The Morgan fingerprint density at radius 2 is 2.02 bits per heavy atom. The molecule has 1 unspecified atom stereocenters. The van der Waals surface area contributed by atoms with E-state index in [9.17, 15) is 19.2 Å². The summed E-state index contributed by atoms with van der Waals surface area (Å²) in [5.41, 5.74) is -0.354. The zero-order valence-corrected chi connectivity index (χ0v) is 26.9. The number of carbonyl (C=O) groups excluding carboxylic acids is 4. The molecule has 226 valence electrons. The molecule has 2 N–H and O–H groups in total. The predicted octanol–water partition coefficient (Wildman–Crippen LogP) is 5.03. The van der Waals surface area contributed by atoms with Crippen LogP contribution in [0.25, 0.3) is 0 Å². The first-order valence-electron chi connectivity index (χ1n) is 14.4. The molecule has 0 aliphatic carbocycles. The molecular formula is C29H42N4O5S3. The highest BCUT2D eigenvalue weighted by Crippen LogP contribution is 2.32. The Balaban J connectivity index is 1.66. The normalized spacial score (nSPS) is 23.8. The highest BCUT2D eigenvalue weighted by molar-refractivity contribution is 8.14. The molecule has 4 bridgehead atoms. The summed E-state index contributed by atoms with van der Waals surface area (Å²) in [4.78, 5) is 60.7. The minimum Gasteiger partial charge on any atom is -0.456 e. The van der Waals surface area contributed by atoms with E-state index in [0.717, 1.165) is 17.8 Å². The Morgan fingerprint density at radius 3 is 2.78 bits per heavy atom. The first-order valence-corrected chi connectivity index (χ1v) is 17.2. The Morgan fingerprint density at radius 1 is 1.24 bits per heavy atom. The highest BCUT2D eigenvalue weighted by atomic mass is 32.2. The fraction of sp³-hybridized carbons (Fsp3) is 0.655. The Kier molecular flexibility index (Phi) is 13.4. The number of cyclic esters (lactones) is 1. The summed E-state index contributed by atoms with van der Waals surface area (Å²) in [5.74, 6) is -0.424. The van der Waals surface area contributed by atoms with Crippen LogP contribution in [-0.4, -0.2) is 62.1 Å². The Hall–Kier alpha value is -2.18. The first-order chi connectivity index (χ1) is 19.6. The van der Waals surface area contributed by atoms with Crippen molar-refractivity contribution in [1.29, 1.82) is 0 Å². The molecule has 9 nitrogen and oxygen atoms in total. The average molecular weight is 623 g/mol. The number of nitrogens with one attached hydrogen (secondary N) is 2. The summed E-state index contributed by atoms with van der Waals surface area (Å²) >= 11 is 4.18. The lowest BCUT2D eigenvalue weighted by molar-refractivity contribution is -0.153. The van der Waals surface area contributed by atoms with Gasteiger partial charge in [-0.3, -0.25) is 19.4 Å². The summed E-state index contributed by atoms with van der Waals surface area (Å²) in [7, 11) is 0. The van der Waals surface area contributed by atoms with Crippen LogP contribution in [0, 0.1) is 5.92 Å². The molecule has 0 spiro atoms. The number of thioether (sulfide) groups is 2. The number of thiazole rings is 1. The number of aliphatic imine (C=N–C) groups is 1. The van der Waals surface area contributed by atoms with Gasteiger partial charge in [0.15, 0.2) is 5.12 Å². The fourth-order valence-electron chi connectivity index (χ4n) is 4.26. The van der Waals surface area contributed by atoms with E-state index < -0.39 is 23.7 Å². The van der Waals surface area contributed by atoms with Gasteiger partial charge in [-0.05, 0) is 31.8 Å². The van der Waals surface area contributed by atoms with Crippen LogP contribution < -0.4 is 10.6 Å². The summed E-state index contributed by atoms with van der Waals surface area (Å²) in [6.45, 7) is 7.83. The monoisotopic (exact) mass is 622 g/mol. The largest absolute Gasteiger partial charge is 0.456 e. The van der Waals surface area contributed by atoms with Crippen molar-refractivity contribution < 1.29 is 23.9 Å². The number of hydrogen-bond donors (Lipinski definition) is 2. The smallest absolute Gasteiger partial charge is 0.329 e. The van der Waals surface area contributed by atoms with Crippen LogP contribution in [0.5, 0.6) is 0 Å². The number of fused-ring (bicyclic) bond motifs is 4. The summed E-state index contributed by atoms with van der Waals surface area (Å²) in [6, 6.07) is -0.896. The fourth-order valence-corrected chi connectivity index (χ4v) is 6.96. The van der Waals surface area contributed by atoms with Crippen molar-refractivity contribution in [2.24, 2.45) is 10.9 Å². The molecule has 0 aromatic carbocycles. The van der Waals surface area contributed by atoms with Gasteiger partial charge in [0, 0.05) is 23.3 Å². The van der Waals surface area contributed by atoms with Crippen LogP contribution in [0.2, 0.25) is 0 Å². The minimum atomic E-state index is -1.04. The molecule has 1 aromatic rings. The molecule has 0 saturated carbocycles. The van der Waals surface area contributed by atoms with Gasteiger partial charge in [0.25, 0.3) is 0 Å². The van der Waals surface area contributed by atoms with E-state index in [1.165, 1.54) is 54.1 Å². The van der Waals surface area contributed by atoms with Crippen LogP contribution in [0.4, 0.5) is 0 Å². The summed E-state index contributed by atoms with van der Waals surface area (Å²) < 4.78 is 5.77. The lowest BCUT2D eigenvalue weighted by atomic mass is 10.0. The van der Waals surface area contributed by atoms with E-state index >= 15 is 0 Å².